The highest BCUT2D eigenvalue weighted by molar-refractivity contribution is 7.99. The lowest BCUT2D eigenvalue weighted by Crippen LogP contribution is -2.11. The summed E-state index contributed by atoms with van der Waals surface area (Å²) in [4.78, 5) is 17.9. The summed E-state index contributed by atoms with van der Waals surface area (Å²) < 4.78 is 6.53. The van der Waals surface area contributed by atoms with Crippen LogP contribution < -0.4 is 5.32 Å². The van der Waals surface area contributed by atoms with E-state index < -0.39 is 0 Å². The third-order valence-corrected chi connectivity index (χ3v) is 5.74. The van der Waals surface area contributed by atoms with Gasteiger partial charge in [-0.2, -0.15) is 0 Å². The number of thiazole rings is 1. The Hall–Kier alpha value is -2.71. The van der Waals surface area contributed by atoms with Crippen molar-refractivity contribution in [1.82, 2.24) is 15.2 Å². The summed E-state index contributed by atoms with van der Waals surface area (Å²) >= 11 is 3.31. The van der Waals surface area contributed by atoms with Crippen molar-refractivity contribution >= 4 is 45.2 Å². The highest BCUT2D eigenvalue weighted by Crippen LogP contribution is 2.24. The number of amides is 1. The summed E-state index contributed by atoms with van der Waals surface area (Å²) in [7, 11) is 0. The molecule has 4 aromatic rings. The second-order valence-corrected chi connectivity index (χ2v) is 9.01. The van der Waals surface area contributed by atoms with Gasteiger partial charge in [0.2, 0.25) is 5.89 Å². The van der Waals surface area contributed by atoms with E-state index in [1.165, 1.54) is 16.2 Å². The van der Waals surface area contributed by atoms with Gasteiger partial charge < -0.3 is 4.42 Å². The van der Waals surface area contributed by atoms with Gasteiger partial charge in [-0.3, -0.25) is 10.1 Å². The molecule has 0 radical (unpaired) electrons. The van der Waals surface area contributed by atoms with Gasteiger partial charge in [0.1, 0.15) is 0 Å². The Morgan fingerprint density at radius 1 is 1.18 bits per heavy atom. The van der Waals surface area contributed by atoms with E-state index in [4.69, 9.17) is 4.42 Å². The lowest BCUT2D eigenvalue weighted by molar-refractivity contribution is 0.102. The number of fused-ring (bicyclic) bond motifs is 1. The molecule has 2 heterocycles. The Bertz CT molecular complexity index is 1100. The van der Waals surface area contributed by atoms with E-state index in [1.54, 1.807) is 17.6 Å². The fourth-order valence-corrected chi connectivity index (χ4v) is 4.23. The minimum Gasteiger partial charge on any atom is -0.407 e. The molecule has 28 heavy (non-hydrogen) atoms. The largest absolute Gasteiger partial charge is 0.407 e. The molecule has 0 saturated heterocycles. The lowest BCUT2D eigenvalue weighted by Gasteiger charge is -2.05. The average Bonchev–Trinajstić information content (AvgIpc) is 3.31. The summed E-state index contributed by atoms with van der Waals surface area (Å²) in [6.07, 6.45) is 0.516. The highest BCUT2D eigenvalue weighted by Gasteiger charge is 2.13. The molecule has 0 aliphatic heterocycles. The molecule has 2 aromatic heterocycles. The van der Waals surface area contributed by atoms with E-state index in [0.717, 1.165) is 15.8 Å². The molecule has 0 aliphatic rings. The van der Waals surface area contributed by atoms with Crippen LogP contribution in [0.15, 0.2) is 57.3 Å². The predicted octanol–water partition coefficient (Wildman–Crippen LogP) is 5.02. The monoisotopic (exact) mass is 410 g/mol. The number of thioether (sulfide) groups is 1. The van der Waals surface area contributed by atoms with Gasteiger partial charge in [-0.1, -0.05) is 31.1 Å². The van der Waals surface area contributed by atoms with E-state index in [0.29, 0.717) is 23.1 Å². The van der Waals surface area contributed by atoms with Crippen LogP contribution in [0, 0.1) is 0 Å². The molecule has 1 N–H and O–H groups in total. The molecule has 0 unspecified atom stereocenters. The summed E-state index contributed by atoms with van der Waals surface area (Å²) in [5.41, 5.74) is 4.23. The van der Waals surface area contributed by atoms with Gasteiger partial charge in [0.15, 0.2) is 0 Å². The van der Waals surface area contributed by atoms with E-state index in [1.807, 2.05) is 17.8 Å². The molecule has 1 amide bonds. The maximum Gasteiger partial charge on any atom is 0.322 e. The van der Waals surface area contributed by atoms with Gasteiger partial charge in [0.05, 0.1) is 22.1 Å². The molecule has 6 nitrogen and oxygen atoms in total. The Morgan fingerprint density at radius 3 is 2.79 bits per heavy atom. The van der Waals surface area contributed by atoms with Crippen molar-refractivity contribution in [3.8, 4) is 0 Å². The normalized spacial score (nSPS) is 11.2. The molecule has 0 bridgehead atoms. The van der Waals surface area contributed by atoms with Crippen LogP contribution in [0.1, 0.15) is 35.7 Å². The number of carbonyl (C=O) groups is 1. The van der Waals surface area contributed by atoms with Gasteiger partial charge in [0, 0.05) is 15.7 Å². The van der Waals surface area contributed by atoms with Crippen LogP contribution in [0.5, 0.6) is 0 Å². The number of nitrogens with one attached hydrogen (secondary N) is 1. The number of benzene rings is 2. The molecular weight excluding hydrogens is 392 g/mol. The van der Waals surface area contributed by atoms with Crippen LogP contribution in [0.4, 0.5) is 6.01 Å². The standard InChI is InChI=1S/C20H18N4O2S2/c1-12(2)28-15-6-3-13(4-7-15)9-18-23-24-20(26-18)22-19(25)14-5-8-16-17(10-14)27-11-21-16/h3-8,10-12H,9H2,1-2H3,(H,22,24,25). The molecule has 0 saturated carbocycles. The van der Waals surface area contributed by atoms with Crippen molar-refractivity contribution in [3.05, 3.63) is 65.0 Å². The smallest absolute Gasteiger partial charge is 0.322 e. The van der Waals surface area contributed by atoms with Crippen molar-refractivity contribution in [2.45, 2.75) is 30.4 Å². The molecule has 0 aliphatic carbocycles. The molecular formula is C20H18N4O2S2. The van der Waals surface area contributed by atoms with Gasteiger partial charge in [-0.25, -0.2) is 4.98 Å². The zero-order valence-corrected chi connectivity index (χ0v) is 17.0. The number of hydrogen-bond acceptors (Lipinski definition) is 7. The zero-order chi connectivity index (χ0) is 19.5. The second-order valence-electron chi connectivity index (χ2n) is 6.48. The van der Waals surface area contributed by atoms with Crippen molar-refractivity contribution in [2.75, 3.05) is 5.32 Å². The van der Waals surface area contributed by atoms with Crippen molar-refractivity contribution in [1.29, 1.82) is 0 Å². The average molecular weight is 411 g/mol. The zero-order valence-electron chi connectivity index (χ0n) is 15.4. The Kier molecular flexibility index (Phi) is 5.40. The molecule has 8 heteroatoms. The van der Waals surface area contributed by atoms with Gasteiger partial charge in [-0.05, 0) is 35.9 Å². The maximum atomic E-state index is 12.4. The number of hydrogen-bond donors (Lipinski definition) is 1. The van der Waals surface area contributed by atoms with Gasteiger partial charge in [-0.15, -0.1) is 28.2 Å². The van der Waals surface area contributed by atoms with Crippen molar-refractivity contribution in [3.63, 3.8) is 0 Å². The SMILES string of the molecule is CC(C)Sc1ccc(Cc2nnc(NC(=O)c3ccc4ncsc4c3)o2)cc1. The fraction of sp³-hybridized carbons (Fsp3) is 0.200. The van der Waals surface area contributed by atoms with E-state index >= 15 is 0 Å². The number of carbonyl (C=O) groups excluding carboxylic acids is 1. The van der Waals surface area contributed by atoms with Crippen LogP contribution >= 0.6 is 23.1 Å². The summed E-state index contributed by atoms with van der Waals surface area (Å²) in [6, 6.07) is 13.7. The molecule has 2 aromatic carbocycles. The van der Waals surface area contributed by atoms with E-state index in [2.05, 4.69) is 58.6 Å². The Balaban J connectivity index is 1.40. The Labute approximate surface area is 170 Å². The van der Waals surface area contributed by atoms with Crippen molar-refractivity contribution in [2.24, 2.45) is 0 Å². The fourth-order valence-electron chi connectivity index (χ4n) is 2.67. The van der Waals surface area contributed by atoms with Crippen molar-refractivity contribution < 1.29 is 9.21 Å². The number of rotatable bonds is 6. The minimum atomic E-state index is -0.291. The lowest BCUT2D eigenvalue weighted by atomic mass is 10.1. The quantitative estimate of drug-likeness (QED) is 0.449. The number of nitrogens with zero attached hydrogens (tertiary/aromatic N) is 3. The van der Waals surface area contributed by atoms with Gasteiger partial charge in [0.25, 0.3) is 5.91 Å². The minimum absolute atomic E-state index is 0.0939. The first-order valence-corrected chi connectivity index (χ1v) is 10.6. The highest BCUT2D eigenvalue weighted by atomic mass is 32.2. The molecule has 0 spiro atoms. The van der Waals surface area contributed by atoms with Gasteiger partial charge >= 0.3 is 6.01 Å². The van der Waals surface area contributed by atoms with Crippen LogP contribution in [0.25, 0.3) is 10.2 Å². The van der Waals surface area contributed by atoms with Crippen LogP contribution in [-0.2, 0) is 6.42 Å². The molecule has 0 fully saturated rings. The summed E-state index contributed by atoms with van der Waals surface area (Å²) in [5, 5.41) is 11.2. The summed E-state index contributed by atoms with van der Waals surface area (Å²) in [6.45, 7) is 4.34. The first-order valence-electron chi connectivity index (χ1n) is 8.79. The Morgan fingerprint density at radius 2 is 2.00 bits per heavy atom. The first-order chi connectivity index (χ1) is 13.6. The van der Waals surface area contributed by atoms with Crippen LogP contribution in [0.3, 0.4) is 0 Å². The second kappa shape index (κ2) is 8.12. The maximum absolute atomic E-state index is 12.4. The van der Waals surface area contributed by atoms with Crippen LogP contribution in [-0.4, -0.2) is 26.3 Å². The van der Waals surface area contributed by atoms with E-state index in [-0.39, 0.29) is 11.9 Å². The predicted molar refractivity (Wildman–Crippen MR) is 112 cm³/mol. The third-order valence-electron chi connectivity index (χ3n) is 3.93. The number of anilines is 1. The van der Waals surface area contributed by atoms with E-state index in [9.17, 15) is 4.79 Å². The molecule has 142 valence electrons. The number of aromatic nitrogens is 3. The first kappa shape index (κ1) is 18.6. The molecule has 0 atom stereocenters. The van der Waals surface area contributed by atoms with Crippen LogP contribution in [0.2, 0.25) is 0 Å². The third kappa shape index (κ3) is 4.40. The molecule has 4 rings (SSSR count). The summed E-state index contributed by atoms with van der Waals surface area (Å²) in [5.74, 6) is 0.165. The topological polar surface area (TPSA) is 80.9 Å².